The van der Waals surface area contributed by atoms with E-state index in [1.54, 1.807) is 11.6 Å². The first-order valence-corrected chi connectivity index (χ1v) is 7.04. The summed E-state index contributed by atoms with van der Waals surface area (Å²) >= 11 is 3.42. The lowest BCUT2D eigenvalue weighted by atomic mass is 10.1. The molecule has 0 aliphatic heterocycles. The molecule has 7 heteroatoms. The summed E-state index contributed by atoms with van der Waals surface area (Å²) in [4.78, 5) is 10.8. The topological polar surface area (TPSA) is 80.9 Å². The normalized spacial score (nSPS) is 12.3. The molecule has 0 radical (unpaired) electrons. The molecule has 1 aromatic carbocycles. The Kier molecular flexibility index (Phi) is 4.49. The Hall–Kier alpha value is -1.76. The second kappa shape index (κ2) is 6.13. The van der Waals surface area contributed by atoms with Crippen molar-refractivity contribution in [3.8, 4) is 11.4 Å². The quantitative estimate of drug-likeness (QED) is 0.905. The molecular weight excluding hydrogens is 324 g/mol. The van der Waals surface area contributed by atoms with E-state index in [2.05, 4.69) is 31.5 Å². The van der Waals surface area contributed by atoms with Crippen molar-refractivity contribution < 1.29 is 9.90 Å². The molecule has 1 atom stereocenters. The van der Waals surface area contributed by atoms with Crippen LogP contribution in [0.5, 0.6) is 0 Å². The van der Waals surface area contributed by atoms with Crippen LogP contribution in [0.25, 0.3) is 11.4 Å². The van der Waals surface area contributed by atoms with Gasteiger partial charge in [0.1, 0.15) is 0 Å². The molecule has 0 saturated heterocycles. The Morgan fingerprint density at radius 3 is 2.90 bits per heavy atom. The van der Waals surface area contributed by atoms with E-state index in [1.807, 2.05) is 25.1 Å². The number of aromatic nitrogens is 4. The summed E-state index contributed by atoms with van der Waals surface area (Å²) in [6, 6.07) is 5.87. The first-order valence-electron chi connectivity index (χ1n) is 6.24. The minimum Gasteiger partial charge on any atom is -0.481 e. The zero-order valence-electron chi connectivity index (χ0n) is 11.2. The third-order valence-corrected chi connectivity index (χ3v) is 3.65. The lowest BCUT2D eigenvalue weighted by Crippen LogP contribution is -2.14. The molecule has 1 N–H and O–H groups in total. The van der Waals surface area contributed by atoms with Gasteiger partial charge in [-0.25, -0.2) is 4.68 Å². The number of tetrazole rings is 1. The third-order valence-electron chi connectivity index (χ3n) is 3.16. The predicted molar refractivity (Wildman–Crippen MR) is 77.1 cm³/mol. The molecule has 1 aromatic heterocycles. The van der Waals surface area contributed by atoms with Gasteiger partial charge in [-0.3, -0.25) is 4.79 Å². The molecule has 6 nitrogen and oxygen atoms in total. The number of carbonyl (C=O) groups is 1. The number of rotatable bonds is 5. The fourth-order valence-electron chi connectivity index (χ4n) is 1.87. The van der Waals surface area contributed by atoms with E-state index in [0.29, 0.717) is 18.8 Å². The monoisotopic (exact) mass is 338 g/mol. The zero-order chi connectivity index (χ0) is 14.7. The number of aryl methyl sites for hydroxylation is 2. The first kappa shape index (κ1) is 14.6. The summed E-state index contributed by atoms with van der Waals surface area (Å²) in [5.41, 5.74) is 2.00. The van der Waals surface area contributed by atoms with Crippen LogP contribution in [0.2, 0.25) is 0 Å². The molecule has 2 rings (SSSR count). The van der Waals surface area contributed by atoms with Crippen LogP contribution in [0.15, 0.2) is 22.7 Å². The van der Waals surface area contributed by atoms with Crippen molar-refractivity contribution in [1.29, 1.82) is 0 Å². The maximum atomic E-state index is 10.8. The van der Waals surface area contributed by atoms with E-state index in [1.165, 1.54) is 0 Å². The van der Waals surface area contributed by atoms with Gasteiger partial charge in [0.2, 0.25) is 0 Å². The Labute approximate surface area is 124 Å². The van der Waals surface area contributed by atoms with Crippen molar-refractivity contribution in [2.24, 2.45) is 5.92 Å². The van der Waals surface area contributed by atoms with Crippen LogP contribution in [-0.2, 0) is 11.3 Å². The zero-order valence-corrected chi connectivity index (χ0v) is 12.8. The summed E-state index contributed by atoms with van der Waals surface area (Å²) in [6.45, 7) is 4.14. The lowest BCUT2D eigenvalue weighted by molar-refractivity contribution is -0.141. The number of benzene rings is 1. The van der Waals surface area contributed by atoms with Gasteiger partial charge in [0.25, 0.3) is 0 Å². The second-order valence-electron chi connectivity index (χ2n) is 4.71. The minimum absolute atomic E-state index is 0.418. The number of nitrogens with zero attached hydrogens (tertiary/aromatic N) is 4. The number of hydrogen-bond donors (Lipinski definition) is 1. The Bertz CT molecular complexity index is 627. The van der Waals surface area contributed by atoms with Gasteiger partial charge in [0.15, 0.2) is 5.82 Å². The average Bonchev–Trinajstić information content (AvgIpc) is 2.84. The highest BCUT2D eigenvalue weighted by molar-refractivity contribution is 9.10. The Morgan fingerprint density at radius 2 is 2.25 bits per heavy atom. The van der Waals surface area contributed by atoms with E-state index in [-0.39, 0.29) is 0 Å². The molecule has 0 fully saturated rings. The highest BCUT2D eigenvalue weighted by atomic mass is 79.9. The molecule has 0 aliphatic rings. The minimum atomic E-state index is -0.806. The number of carboxylic acids is 1. The van der Waals surface area contributed by atoms with Gasteiger partial charge in [-0.15, -0.1) is 5.10 Å². The van der Waals surface area contributed by atoms with Gasteiger partial charge in [-0.1, -0.05) is 22.9 Å². The Morgan fingerprint density at radius 1 is 1.50 bits per heavy atom. The van der Waals surface area contributed by atoms with Crippen molar-refractivity contribution in [2.75, 3.05) is 0 Å². The molecule has 0 amide bonds. The molecule has 1 heterocycles. The van der Waals surface area contributed by atoms with E-state index in [9.17, 15) is 4.79 Å². The maximum absolute atomic E-state index is 10.8. The molecule has 0 saturated carbocycles. The highest BCUT2D eigenvalue weighted by Gasteiger charge is 2.15. The first-order chi connectivity index (χ1) is 9.49. The van der Waals surface area contributed by atoms with Crippen LogP contribution in [0.4, 0.5) is 0 Å². The summed E-state index contributed by atoms with van der Waals surface area (Å²) in [5, 5.41) is 20.6. The molecule has 106 valence electrons. The molecule has 20 heavy (non-hydrogen) atoms. The fraction of sp³-hybridized carbons (Fsp3) is 0.385. The number of carboxylic acid groups (broad SMARTS) is 1. The molecule has 0 spiro atoms. The maximum Gasteiger partial charge on any atom is 0.306 e. The molecule has 1 unspecified atom stereocenters. The van der Waals surface area contributed by atoms with E-state index < -0.39 is 11.9 Å². The van der Waals surface area contributed by atoms with Crippen LogP contribution >= 0.6 is 15.9 Å². The fourth-order valence-corrected chi connectivity index (χ4v) is 2.34. The SMILES string of the molecule is Cc1cc(Br)ccc1-c1nnnn1CCC(C)C(=O)O. The van der Waals surface area contributed by atoms with Gasteiger partial charge >= 0.3 is 5.97 Å². The van der Waals surface area contributed by atoms with Crippen molar-refractivity contribution in [1.82, 2.24) is 20.2 Å². The van der Waals surface area contributed by atoms with Crippen LogP contribution < -0.4 is 0 Å². The number of aliphatic carboxylic acids is 1. The molecular formula is C13H15BrN4O2. The smallest absolute Gasteiger partial charge is 0.306 e. The van der Waals surface area contributed by atoms with Crippen molar-refractivity contribution >= 4 is 21.9 Å². The van der Waals surface area contributed by atoms with Crippen LogP contribution in [0, 0.1) is 12.8 Å². The molecule has 2 aromatic rings. The van der Waals surface area contributed by atoms with Crippen molar-refractivity contribution in [3.05, 3.63) is 28.2 Å². The van der Waals surface area contributed by atoms with Gasteiger partial charge in [-0.05, 0) is 47.5 Å². The van der Waals surface area contributed by atoms with Crippen molar-refractivity contribution in [2.45, 2.75) is 26.8 Å². The van der Waals surface area contributed by atoms with Gasteiger partial charge in [0, 0.05) is 16.6 Å². The van der Waals surface area contributed by atoms with E-state index in [0.717, 1.165) is 15.6 Å². The lowest BCUT2D eigenvalue weighted by Gasteiger charge is -2.09. The third kappa shape index (κ3) is 3.22. The predicted octanol–water partition coefficient (Wildman–Crippen LogP) is 2.52. The summed E-state index contributed by atoms with van der Waals surface area (Å²) in [7, 11) is 0. The highest BCUT2D eigenvalue weighted by Crippen LogP contribution is 2.24. The molecule has 0 aliphatic carbocycles. The van der Waals surface area contributed by atoms with E-state index >= 15 is 0 Å². The van der Waals surface area contributed by atoms with Gasteiger partial charge < -0.3 is 5.11 Å². The summed E-state index contributed by atoms with van der Waals surface area (Å²) < 4.78 is 2.65. The summed E-state index contributed by atoms with van der Waals surface area (Å²) in [6.07, 6.45) is 0.489. The van der Waals surface area contributed by atoms with E-state index in [4.69, 9.17) is 5.11 Å². The van der Waals surface area contributed by atoms with Crippen LogP contribution in [0.1, 0.15) is 18.9 Å². The Balaban J connectivity index is 2.22. The van der Waals surface area contributed by atoms with Crippen LogP contribution in [0.3, 0.4) is 0 Å². The summed E-state index contributed by atoms with van der Waals surface area (Å²) in [5.74, 6) is -0.565. The number of halogens is 1. The second-order valence-corrected chi connectivity index (χ2v) is 5.63. The van der Waals surface area contributed by atoms with Crippen molar-refractivity contribution in [3.63, 3.8) is 0 Å². The van der Waals surface area contributed by atoms with Crippen LogP contribution in [-0.4, -0.2) is 31.3 Å². The standard InChI is InChI=1S/C13H15BrN4O2/c1-8(13(19)20)5-6-18-12(15-16-17-18)11-4-3-10(14)7-9(11)2/h3-4,7-8H,5-6H2,1-2H3,(H,19,20). The number of hydrogen-bond acceptors (Lipinski definition) is 4. The molecule has 0 bridgehead atoms. The average molecular weight is 339 g/mol. The van der Waals surface area contributed by atoms with Gasteiger partial charge in [-0.2, -0.15) is 0 Å². The largest absolute Gasteiger partial charge is 0.481 e. The van der Waals surface area contributed by atoms with Gasteiger partial charge in [0.05, 0.1) is 5.92 Å².